The molecular formula is C23H27FN4OS. The SMILES string of the molecule is Oc1cc(Nc2ncnc3sc4c(c23)CCC(CCN2CCCCC2)C4)ccc1F. The first-order valence-corrected chi connectivity index (χ1v) is 11.7. The Balaban J connectivity index is 1.34. The maximum atomic E-state index is 13.4. The van der Waals surface area contributed by atoms with Gasteiger partial charge in [0.05, 0.1) is 5.39 Å². The van der Waals surface area contributed by atoms with Crippen LogP contribution in [0.1, 0.15) is 42.5 Å². The predicted octanol–water partition coefficient (Wildman–Crippen LogP) is 5.26. The maximum absolute atomic E-state index is 13.4. The maximum Gasteiger partial charge on any atom is 0.164 e. The van der Waals surface area contributed by atoms with Crippen molar-refractivity contribution in [2.75, 3.05) is 25.0 Å². The van der Waals surface area contributed by atoms with Gasteiger partial charge in [0.25, 0.3) is 0 Å². The number of nitrogens with zero attached hydrogens (tertiary/aromatic N) is 3. The normalized spacial score (nSPS) is 19.7. The third-order valence-electron chi connectivity index (χ3n) is 6.46. The summed E-state index contributed by atoms with van der Waals surface area (Å²) in [6.07, 6.45) is 10.3. The Hall–Kier alpha value is -2.25. The van der Waals surface area contributed by atoms with Crippen LogP contribution in [0.4, 0.5) is 15.9 Å². The van der Waals surface area contributed by atoms with Gasteiger partial charge in [-0.1, -0.05) is 6.42 Å². The molecule has 5 nitrogen and oxygen atoms in total. The number of nitrogens with one attached hydrogen (secondary N) is 1. The second-order valence-corrected chi connectivity index (χ2v) is 9.58. The molecule has 1 saturated heterocycles. The summed E-state index contributed by atoms with van der Waals surface area (Å²) in [5.41, 5.74) is 1.97. The zero-order valence-electron chi connectivity index (χ0n) is 17.0. The molecule has 0 amide bonds. The number of thiophene rings is 1. The molecule has 0 bridgehead atoms. The van der Waals surface area contributed by atoms with E-state index in [0.29, 0.717) is 5.69 Å². The number of aromatic nitrogens is 2. The fraction of sp³-hybridized carbons (Fsp3) is 0.478. The van der Waals surface area contributed by atoms with Crippen molar-refractivity contribution in [3.8, 4) is 5.75 Å². The number of anilines is 2. The predicted molar refractivity (Wildman–Crippen MR) is 119 cm³/mol. The fourth-order valence-corrected chi connectivity index (χ4v) is 6.10. The zero-order chi connectivity index (χ0) is 20.5. The Morgan fingerprint density at radius 2 is 2.07 bits per heavy atom. The minimum atomic E-state index is -0.628. The standard InChI is InChI=1S/C23H27FN4OS/c24-18-7-5-16(13-19(18)29)27-22-21-17-6-4-15(8-11-28-9-2-1-3-10-28)12-20(17)30-23(21)26-14-25-22/h5,7,13-15,29H,1-4,6,8-12H2,(H,25,26,27). The van der Waals surface area contributed by atoms with Crippen LogP contribution in [0.15, 0.2) is 24.5 Å². The number of fused-ring (bicyclic) bond motifs is 3. The van der Waals surface area contributed by atoms with Gasteiger partial charge in [-0.25, -0.2) is 14.4 Å². The summed E-state index contributed by atoms with van der Waals surface area (Å²) >= 11 is 1.78. The summed E-state index contributed by atoms with van der Waals surface area (Å²) in [6, 6.07) is 4.25. The van der Waals surface area contributed by atoms with Gasteiger partial charge in [-0.2, -0.15) is 0 Å². The molecule has 5 rings (SSSR count). The van der Waals surface area contributed by atoms with Crippen molar-refractivity contribution in [3.05, 3.63) is 40.8 Å². The highest BCUT2D eigenvalue weighted by molar-refractivity contribution is 7.19. The number of likely N-dealkylation sites (tertiary alicyclic amines) is 1. The molecule has 1 fully saturated rings. The molecule has 3 aromatic rings. The fourth-order valence-electron chi connectivity index (χ4n) is 4.80. The van der Waals surface area contributed by atoms with Crippen LogP contribution in [0, 0.1) is 11.7 Å². The van der Waals surface area contributed by atoms with Gasteiger partial charge < -0.3 is 15.3 Å². The molecule has 1 atom stereocenters. The van der Waals surface area contributed by atoms with Crippen LogP contribution < -0.4 is 5.32 Å². The molecule has 1 aromatic carbocycles. The molecule has 2 N–H and O–H groups in total. The molecule has 1 aliphatic heterocycles. The van der Waals surface area contributed by atoms with E-state index >= 15 is 0 Å². The van der Waals surface area contributed by atoms with Gasteiger partial charge in [0.1, 0.15) is 17.0 Å². The Morgan fingerprint density at radius 3 is 2.90 bits per heavy atom. The second kappa shape index (κ2) is 8.47. The minimum Gasteiger partial charge on any atom is -0.505 e. The van der Waals surface area contributed by atoms with E-state index in [9.17, 15) is 9.50 Å². The topological polar surface area (TPSA) is 61.3 Å². The number of phenolic OH excluding ortho intramolecular Hbond substituents is 1. The van der Waals surface area contributed by atoms with E-state index in [0.717, 1.165) is 34.8 Å². The third kappa shape index (κ3) is 4.01. The molecule has 0 saturated carbocycles. The van der Waals surface area contributed by atoms with Gasteiger partial charge in [0, 0.05) is 16.6 Å². The van der Waals surface area contributed by atoms with Gasteiger partial charge in [0.2, 0.25) is 0 Å². The molecule has 1 unspecified atom stereocenters. The average Bonchev–Trinajstić information content (AvgIpc) is 3.14. The lowest BCUT2D eigenvalue weighted by Gasteiger charge is -2.29. The molecule has 158 valence electrons. The number of aryl methyl sites for hydroxylation is 1. The number of phenols is 1. The largest absolute Gasteiger partial charge is 0.505 e. The Labute approximate surface area is 180 Å². The van der Waals surface area contributed by atoms with Crippen LogP contribution in [-0.4, -0.2) is 39.6 Å². The average molecular weight is 427 g/mol. The second-order valence-electron chi connectivity index (χ2n) is 8.50. The van der Waals surface area contributed by atoms with E-state index in [1.54, 1.807) is 23.7 Å². The molecule has 2 aromatic heterocycles. The lowest BCUT2D eigenvalue weighted by Crippen LogP contribution is -2.32. The van der Waals surface area contributed by atoms with Gasteiger partial charge in [0.15, 0.2) is 11.6 Å². The molecule has 7 heteroatoms. The minimum absolute atomic E-state index is 0.366. The molecule has 0 spiro atoms. The summed E-state index contributed by atoms with van der Waals surface area (Å²) in [6.45, 7) is 3.76. The van der Waals surface area contributed by atoms with E-state index in [2.05, 4.69) is 20.2 Å². The summed E-state index contributed by atoms with van der Waals surface area (Å²) in [4.78, 5) is 14.0. The summed E-state index contributed by atoms with van der Waals surface area (Å²) < 4.78 is 13.4. The molecule has 3 heterocycles. The van der Waals surface area contributed by atoms with Crippen LogP contribution in [0.25, 0.3) is 10.2 Å². The van der Waals surface area contributed by atoms with Crippen LogP contribution in [0.5, 0.6) is 5.75 Å². The Kier molecular flexibility index (Phi) is 5.56. The molecule has 2 aliphatic rings. The number of hydrogen-bond acceptors (Lipinski definition) is 6. The van der Waals surface area contributed by atoms with Crippen molar-refractivity contribution in [2.45, 2.75) is 44.9 Å². The van der Waals surface area contributed by atoms with E-state index in [1.807, 2.05) is 0 Å². The first kappa shape index (κ1) is 19.7. The van der Waals surface area contributed by atoms with E-state index < -0.39 is 5.82 Å². The van der Waals surface area contributed by atoms with Gasteiger partial charge in [-0.3, -0.25) is 0 Å². The van der Waals surface area contributed by atoms with E-state index in [1.165, 1.54) is 74.3 Å². The lowest BCUT2D eigenvalue weighted by atomic mass is 9.85. The first-order valence-electron chi connectivity index (χ1n) is 10.9. The number of hydrogen-bond donors (Lipinski definition) is 2. The molecule has 30 heavy (non-hydrogen) atoms. The quantitative estimate of drug-likeness (QED) is 0.583. The highest BCUT2D eigenvalue weighted by Gasteiger charge is 2.25. The van der Waals surface area contributed by atoms with Crippen molar-refractivity contribution in [1.29, 1.82) is 0 Å². The van der Waals surface area contributed by atoms with Crippen molar-refractivity contribution < 1.29 is 9.50 Å². The van der Waals surface area contributed by atoms with Crippen LogP contribution in [0.3, 0.4) is 0 Å². The number of piperidine rings is 1. The van der Waals surface area contributed by atoms with Crippen molar-refractivity contribution >= 4 is 33.1 Å². The number of aromatic hydroxyl groups is 1. The smallest absolute Gasteiger partial charge is 0.164 e. The molecule has 1 aliphatic carbocycles. The van der Waals surface area contributed by atoms with Crippen LogP contribution in [0.2, 0.25) is 0 Å². The van der Waals surface area contributed by atoms with Crippen molar-refractivity contribution in [1.82, 2.24) is 14.9 Å². The lowest BCUT2D eigenvalue weighted by molar-refractivity contribution is 0.209. The first-order chi connectivity index (χ1) is 14.7. The number of benzene rings is 1. The van der Waals surface area contributed by atoms with Crippen molar-refractivity contribution in [2.24, 2.45) is 5.92 Å². The molecule has 0 radical (unpaired) electrons. The monoisotopic (exact) mass is 426 g/mol. The zero-order valence-corrected chi connectivity index (χ0v) is 17.8. The Bertz CT molecular complexity index is 1050. The summed E-state index contributed by atoms with van der Waals surface area (Å²) in [7, 11) is 0. The van der Waals surface area contributed by atoms with Gasteiger partial charge >= 0.3 is 0 Å². The van der Waals surface area contributed by atoms with Crippen LogP contribution in [-0.2, 0) is 12.8 Å². The molecular weight excluding hydrogens is 399 g/mol. The summed E-state index contributed by atoms with van der Waals surface area (Å²) in [5, 5.41) is 14.0. The van der Waals surface area contributed by atoms with Gasteiger partial charge in [-0.15, -0.1) is 11.3 Å². The van der Waals surface area contributed by atoms with Crippen molar-refractivity contribution in [3.63, 3.8) is 0 Å². The number of rotatable bonds is 5. The third-order valence-corrected chi connectivity index (χ3v) is 7.62. The summed E-state index contributed by atoms with van der Waals surface area (Å²) in [5.74, 6) is 0.479. The highest BCUT2D eigenvalue weighted by atomic mass is 32.1. The highest BCUT2D eigenvalue weighted by Crippen LogP contribution is 2.41. The Morgan fingerprint density at radius 1 is 1.20 bits per heavy atom. The van der Waals surface area contributed by atoms with E-state index in [-0.39, 0.29) is 5.75 Å². The van der Waals surface area contributed by atoms with Gasteiger partial charge in [-0.05, 0) is 81.8 Å². The van der Waals surface area contributed by atoms with Crippen LogP contribution >= 0.6 is 11.3 Å². The number of halogens is 1. The van der Waals surface area contributed by atoms with E-state index in [4.69, 9.17) is 0 Å².